The Morgan fingerprint density at radius 3 is 2.21 bits per heavy atom. The third-order valence-corrected chi connectivity index (χ3v) is 4.69. The molecule has 0 spiro atoms. The smallest absolute Gasteiger partial charge is 0.338 e. The van der Waals surface area contributed by atoms with Crippen molar-refractivity contribution >= 4 is 28.3 Å². The van der Waals surface area contributed by atoms with E-state index in [-0.39, 0.29) is 11.3 Å². The number of carbonyl (C=O) groups is 2. The number of hydrogen-bond acceptors (Lipinski definition) is 3. The minimum atomic E-state index is -0.909. The van der Waals surface area contributed by atoms with Gasteiger partial charge in [0.25, 0.3) is 5.91 Å². The van der Waals surface area contributed by atoms with Crippen molar-refractivity contribution < 1.29 is 14.3 Å². The number of nitrogens with one attached hydrogen (secondary N) is 1. The van der Waals surface area contributed by atoms with E-state index in [1.54, 1.807) is 19.1 Å². The molecule has 0 fully saturated rings. The van der Waals surface area contributed by atoms with Gasteiger partial charge in [0, 0.05) is 11.1 Å². The number of hydrogen-bond donors (Lipinski definition) is 1. The monoisotopic (exact) mass is 375 g/mol. The van der Waals surface area contributed by atoms with Gasteiger partial charge in [-0.15, -0.1) is 0 Å². The standard InChI is InChI=1S/C24H25NO3/c1-16(28-23(27)18-12-14-19(15-13-18)24(2,3)4)22(26)25-21-11-7-9-17-8-5-6-10-20(17)21/h5-16H,1-4H3,(H,25,26)/t16-/m0/s1. The summed E-state index contributed by atoms with van der Waals surface area (Å²) in [6.45, 7) is 7.90. The van der Waals surface area contributed by atoms with Crippen LogP contribution < -0.4 is 5.32 Å². The van der Waals surface area contributed by atoms with Crippen LogP contribution in [0.4, 0.5) is 5.69 Å². The SMILES string of the molecule is C[C@H](OC(=O)c1ccc(C(C)(C)C)cc1)C(=O)Nc1cccc2ccccc12. The van der Waals surface area contributed by atoms with Gasteiger partial charge in [0.2, 0.25) is 0 Å². The third-order valence-electron chi connectivity index (χ3n) is 4.69. The normalized spacial score (nSPS) is 12.4. The maximum Gasteiger partial charge on any atom is 0.338 e. The average Bonchev–Trinajstić information content (AvgIpc) is 2.67. The predicted octanol–water partition coefficient (Wildman–Crippen LogP) is 5.32. The van der Waals surface area contributed by atoms with Crippen LogP contribution in [0.15, 0.2) is 66.7 Å². The quantitative estimate of drug-likeness (QED) is 0.628. The second kappa shape index (κ2) is 7.85. The molecule has 0 bridgehead atoms. The highest BCUT2D eigenvalue weighted by Gasteiger charge is 2.20. The molecule has 144 valence electrons. The molecule has 0 aliphatic carbocycles. The summed E-state index contributed by atoms with van der Waals surface area (Å²) >= 11 is 0. The zero-order chi connectivity index (χ0) is 20.3. The van der Waals surface area contributed by atoms with Gasteiger partial charge in [0.1, 0.15) is 0 Å². The van der Waals surface area contributed by atoms with E-state index in [0.29, 0.717) is 11.3 Å². The van der Waals surface area contributed by atoms with E-state index >= 15 is 0 Å². The molecule has 3 aromatic rings. The van der Waals surface area contributed by atoms with Crippen molar-refractivity contribution in [3.8, 4) is 0 Å². The lowest BCUT2D eigenvalue weighted by Gasteiger charge is -2.19. The first-order valence-electron chi connectivity index (χ1n) is 9.36. The lowest BCUT2D eigenvalue weighted by atomic mass is 9.87. The van der Waals surface area contributed by atoms with Crippen molar-refractivity contribution in [3.63, 3.8) is 0 Å². The van der Waals surface area contributed by atoms with Crippen LogP contribution in [-0.2, 0) is 14.9 Å². The Morgan fingerprint density at radius 1 is 0.893 bits per heavy atom. The molecule has 1 atom stereocenters. The summed E-state index contributed by atoms with van der Waals surface area (Å²) in [5, 5.41) is 4.83. The summed E-state index contributed by atoms with van der Waals surface area (Å²) < 4.78 is 5.36. The van der Waals surface area contributed by atoms with Crippen molar-refractivity contribution in [2.45, 2.75) is 39.2 Å². The fourth-order valence-electron chi connectivity index (χ4n) is 2.96. The van der Waals surface area contributed by atoms with E-state index in [4.69, 9.17) is 4.74 Å². The topological polar surface area (TPSA) is 55.4 Å². The highest BCUT2D eigenvalue weighted by atomic mass is 16.5. The zero-order valence-electron chi connectivity index (χ0n) is 16.7. The molecule has 0 radical (unpaired) electrons. The van der Waals surface area contributed by atoms with Crippen LogP contribution in [0.2, 0.25) is 0 Å². The second-order valence-corrected chi connectivity index (χ2v) is 7.89. The summed E-state index contributed by atoms with van der Waals surface area (Å²) in [6.07, 6.45) is -0.909. The number of rotatable bonds is 4. The Hall–Kier alpha value is -3.14. The van der Waals surface area contributed by atoms with E-state index in [0.717, 1.165) is 16.3 Å². The lowest BCUT2D eigenvalue weighted by molar-refractivity contribution is -0.123. The molecule has 0 aromatic heterocycles. The molecular formula is C24H25NO3. The minimum absolute atomic E-state index is 0.00801. The van der Waals surface area contributed by atoms with Crippen LogP contribution in [0.5, 0.6) is 0 Å². The molecule has 0 unspecified atom stereocenters. The fourth-order valence-corrected chi connectivity index (χ4v) is 2.96. The Balaban J connectivity index is 1.67. The van der Waals surface area contributed by atoms with Gasteiger partial charge in [0.15, 0.2) is 6.10 Å². The number of benzene rings is 3. The van der Waals surface area contributed by atoms with Crippen molar-refractivity contribution in [3.05, 3.63) is 77.9 Å². The fraction of sp³-hybridized carbons (Fsp3) is 0.250. The van der Waals surface area contributed by atoms with Gasteiger partial charge >= 0.3 is 5.97 Å². The molecule has 4 heteroatoms. The largest absolute Gasteiger partial charge is 0.449 e. The van der Waals surface area contributed by atoms with Crippen LogP contribution in [0.25, 0.3) is 10.8 Å². The van der Waals surface area contributed by atoms with Crippen molar-refractivity contribution in [1.82, 2.24) is 0 Å². The number of amides is 1. The van der Waals surface area contributed by atoms with Crippen LogP contribution in [0.3, 0.4) is 0 Å². The van der Waals surface area contributed by atoms with Crippen molar-refractivity contribution in [1.29, 1.82) is 0 Å². The zero-order valence-corrected chi connectivity index (χ0v) is 16.7. The van der Waals surface area contributed by atoms with E-state index in [1.807, 2.05) is 54.6 Å². The molecule has 0 aliphatic heterocycles. The van der Waals surface area contributed by atoms with Gasteiger partial charge in [-0.2, -0.15) is 0 Å². The van der Waals surface area contributed by atoms with E-state index in [1.165, 1.54) is 0 Å². The van der Waals surface area contributed by atoms with E-state index < -0.39 is 12.1 Å². The van der Waals surface area contributed by atoms with Crippen LogP contribution in [0.1, 0.15) is 43.6 Å². The first-order chi connectivity index (χ1) is 13.3. The Kier molecular flexibility index (Phi) is 5.50. The van der Waals surface area contributed by atoms with Crippen LogP contribution in [0, 0.1) is 0 Å². The van der Waals surface area contributed by atoms with Crippen molar-refractivity contribution in [2.24, 2.45) is 0 Å². The van der Waals surface area contributed by atoms with Gasteiger partial charge in [-0.25, -0.2) is 4.79 Å². The summed E-state index contributed by atoms with van der Waals surface area (Å²) in [7, 11) is 0. The number of ether oxygens (including phenoxy) is 1. The van der Waals surface area contributed by atoms with Gasteiger partial charge in [-0.1, -0.05) is 69.3 Å². The summed E-state index contributed by atoms with van der Waals surface area (Å²) in [4.78, 5) is 24.9. The molecule has 0 saturated heterocycles. The first-order valence-corrected chi connectivity index (χ1v) is 9.36. The summed E-state index contributed by atoms with van der Waals surface area (Å²) in [5.74, 6) is -0.878. The first kappa shape index (κ1) is 19.6. The Bertz CT molecular complexity index is 995. The molecule has 3 aromatic carbocycles. The molecule has 4 nitrogen and oxygen atoms in total. The molecule has 1 amide bonds. The number of carbonyl (C=O) groups excluding carboxylic acids is 2. The van der Waals surface area contributed by atoms with Gasteiger partial charge in [-0.3, -0.25) is 4.79 Å². The Morgan fingerprint density at radius 2 is 1.54 bits per heavy atom. The van der Waals surface area contributed by atoms with Gasteiger partial charge in [-0.05, 0) is 41.5 Å². The molecule has 1 N–H and O–H groups in total. The number of fused-ring (bicyclic) bond motifs is 1. The van der Waals surface area contributed by atoms with E-state index in [2.05, 4.69) is 26.1 Å². The average molecular weight is 375 g/mol. The highest BCUT2D eigenvalue weighted by Crippen LogP contribution is 2.24. The van der Waals surface area contributed by atoms with Gasteiger partial charge < -0.3 is 10.1 Å². The van der Waals surface area contributed by atoms with Crippen molar-refractivity contribution in [2.75, 3.05) is 5.32 Å². The maximum absolute atomic E-state index is 12.5. The van der Waals surface area contributed by atoms with Crippen LogP contribution in [-0.4, -0.2) is 18.0 Å². The summed E-state index contributed by atoms with van der Waals surface area (Å²) in [6, 6.07) is 20.8. The maximum atomic E-state index is 12.5. The predicted molar refractivity (Wildman–Crippen MR) is 113 cm³/mol. The minimum Gasteiger partial charge on any atom is -0.449 e. The lowest BCUT2D eigenvalue weighted by Crippen LogP contribution is -2.30. The second-order valence-electron chi connectivity index (χ2n) is 7.89. The third kappa shape index (κ3) is 4.39. The van der Waals surface area contributed by atoms with Gasteiger partial charge in [0.05, 0.1) is 5.56 Å². The molecular weight excluding hydrogens is 350 g/mol. The number of esters is 1. The Labute approximate surface area is 165 Å². The number of anilines is 1. The molecule has 0 heterocycles. The molecule has 28 heavy (non-hydrogen) atoms. The van der Waals surface area contributed by atoms with Crippen LogP contribution >= 0.6 is 0 Å². The molecule has 0 aliphatic rings. The highest BCUT2D eigenvalue weighted by molar-refractivity contribution is 6.04. The summed E-state index contributed by atoms with van der Waals surface area (Å²) in [5.41, 5.74) is 2.26. The molecule has 0 saturated carbocycles. The molecule has 3 rings (SSSR count). The van der Waals surface area contributed by atoms with E-state index in [9.17, 15) is 9.59 Å².